The lowest BCUT2D eigenvalue weighted by atomic mass is 10.0. The van der Waals surface area contributed by atoms with E-state index in [-0.39, 0.29) is 18.0 Å². The third-order valence-corrected chi connectivity index (χ3v) is 6.32. The first kappa shape index (κ1) is 14.9. The number of hydrogen-bond donors (Lipinski definition) is 1. The minimum Gasteiger partial charge on any atom is -0.377 e. The number of nitrogens with one attached hydrogen (secondary N) is 1. The van der Waals surface area contributed by atoms with Gasteiger partial charge in [0.2, 0.25) is 10.0 Å². The maximum atomic E-state index is 13.0. The van der Waals surface area contributed by atoms with E-state index in [1.807, 2.05) is 0 Å². The van der Waals surface area contributed by atoms with Crippen LogP contribution in [0, 0.1) is 11.7 Å². The number of halogens is 1. The summed E-state index contributed by atoms with van der Waals surface area (Å²) in [6, 6.07) is 5.81. The van der Waals surface area contributed by atoms with E-state index < -0.39 is 15.3 Å². The average Bonchev–Trinajstić information content (AvgIpc) is 3.18. The number of sulfonamides is 1. The van der Waals surface area contributed by atoms with Gasteiger partial charge in [-0.05, 0) is 49.8 Å². The van der Waals surface area contributed by atoms with Crippen molar-refractivity contribution in [3.05, 3.63) is 35.6 Å². The van der Waals surface area contributed by atoms with Crippen LogP contribution in [0.2, 0.25) is 0 Å². The van der Waals surface area contributed by atoms with Crippen molar-refractivity contribution in [3.63, 3.8) is 0 Å². The van der Waals surface area contributed by atoms with Crippen molar-refractivity contribution in [1.29, 1.82) is 0 Å². The van der Waals surface area contributed by atoms with Crippen LogP contribution in [0.25, 0.3) is 0 Å². The minimum absolute atomic E-state index is 0.261. The van der Waals surface area contributed by atoms with E-state index in [9.17, 15) is 12.8 Å². The summed E-state index contributed by atoms with van der Waals surface area (Å²) in [5.74, 6) is -0.00293. The molecule has 0 amide bonds. The number of hydrogen-bond acceptors (Lipinski definition) is 3. The molecule has 2 aliphatic rings. The van der Waals surface area contributed by atoms with Crippen molar-refractivity contribution >= 4 is 10.0 Å². The Morgan fingerprint density at radius 3 is 2.43 bits per heavy atom. The number of ether oxygens (including phenoxy) is 1. The van der Waals surface area contributed by atoms with Gasteiger partial charge in [0.15, 0.2) is 0 Å². The Morgan fingerprint density at radius 1 is 1.24 bits per heavy atom. The predicted octanol–water partition coefficient (Wildman–Crippen LogP) is 2.37. The van der Waals surface area contributed by atoms with Crippen LogP contribution in [-0.4, -0.2) is 26.4 Å². The summed E-state index contributed by atoms with van der Waals surface area (Å²) in [6.45, 7) is 2.28. The molecule has 3 atom stereocenters. The highest BCUT2D eigenvalue weighted by Crippen LogP contribution is 2.42. The van der Waals surface area contributed by atoms with Gasteiger partial charge in [-0.15, -0.1) is 0 Å². The van der Waals surface area contributed by atoms with Crippen molar-refractivity contribution in [1.82, 2.24) is 4.72 Å². The third kappa shape index (κ3) is 3.27. The lowest BCUT2D eigenvalue weighted by Crippen LogP contribution is -2.40. The Hall–Kier alpha value is -0.980. The highest BCUT2D eigenvalue weighted by atomic mass is 32.2. The van der Waals surface area contributed by atoms with Gasteiger partial charge in [0.1, 0.15) is 11.1 Å². The van der Waals surface area contributed by atoms with E-state index in [0.29, 0.717) is 18.9 Å². The fourth-order valence-electron chi connectivity index (χ4n) is 2.92. The van der Waals surface area contributed by atoms with Crippen molar-refractivity contribution < 1.29 is 17.5 Å². The highest BCUT2D eigenvalue weighted by Gasteiger charge is 2.41. The molecule has 3 rings (SSSR count). The molecule has 4 nitrogen and oxygen atoms in total. The lowest BCUT2D eigenvalue weighted by molar-refractivity contribution is 0.126. The fraction of sp³-hybridized carbons (Fsp3) is 0.600. The SMILES string of the molecule is C[C@@H]1OCC[C@@H]1S(=O)(=O)N[C@@H](c1ccc(F)cc1)C1CC1. The van der Waals surface area contributed by atoms with Gasteiger partial charge in [0.25, 0.3) is 0 Å². The smallest absolute Gasteiger partial charge is 0.217 e. The number of rotatable bonds is 5. The summed E-state index contributed by atoms with van der Waals surface area (Å²) < 4.78 is 46.4. The molecular formula is C15H20FNO3S. The van der Waals surface area contributed by atoms with E-state index in [4.69, 9.17) is 4.74 Å². The van der Waals surface area contributed by atoms with E-state index >= 15 is 0 Å². The second-order valence-corrected chi connectivity index (χ2v) is 7.86. The zero-order valence-corrected chi connectivity index (χ0v) is 12.8. The topological polar surface area (TPSA) is 55.4 Å². The zero-order chi connectivity index (χ0) is 15.0. The molecule has 0 aromatic heterocycles. The Bertz CT molecular complexity index is 598. The van der Waals surface area contributed by atoms with Crippen LogP contribution < -0.4 is 4.72 Å². The predicted molar refractivity (Wildman–Crippen MR) is 77.7 cm³/mol. The van der Waals surface area contributed by atoms with Crippen LogP contribution in [-0.2, 0) is 14.8 Å². The molecule has 1 heterocycles. The van der Waals surface area contributed by atoms with Crippen LogP contribution in [0.4, 0.5) is 4.39 Å². The number of benzene rings is 1. The standard InChI is InChI=1S/C15H20FNO3S/c1-10-14(8-9-20-10)21(18,19)17-15(11-2-3-11)12-4-6-13(16)7-5-12/h4-7,10-11,14-15,17H,2-3,8-9H2,1H3/t10-,14-,15+/m0/s1. The molecule has 21 heavy (non-hydrogen) atoms. The van der Waals surface area contributed by atoms with Gasteiger partial charge in [-0.25, -0.2) is 17.5 Å². The molecule has 116 valence electrons. The Labute approximate surface area is 124 Å². The highest BCUT2D eigenvalue weighted by molar-refractivity contribution is 7.90. The Kier molecular flexibility index (Phi) is 4.03. The molecule has 1 aromatic rings. The summed E-state index contributed by atoms with van der Waals surface area (Å²) in [4.78, 5) is 0. The largest absolute Gasteiger partial charge is 0.377 e. The normalized spacial score (nSPS) is 27.7. The van der Waals surface area contributed by atoms with E-state index in [1.165, 1.54) is 12.1 Å². The van der Waals surface area contributed by atoms with Gasteiger partial charge in [-0.2, -0.15) is 0 Å². The van der Waals surface area contributed by atoms with E-state index in [2.05, 4.69) is 4.72 Å². The second-order valence-electron chi connectivity index (χ2n) is 5.93. The second kappa shape index (κ2) is 5.66. The average molecular weight is 313 g/mol. The first-order chi connectivity index (χ1) is 9.97. The van der Waals surface area contributed by atoms with Crippen LogP contribution >= 0.6 is 0 Å². The molecule has 1 aliphatic heterocycles. The fourth-order valence-corrected chi connectivity index (χ4v) is 4.77. The third-order valence-electron chi connectivity index (χ3n) is 4.32. The minimum atomic E-state index is -3.44. The van der Waals surface area contributed by atoms with Gasteiger partial charge < -0.3 is 4.74 Å². The Balaban J connectivity index is 1.80. The molecule has 0 radical (unpaired) electrons. The van der Waals surface area contributed by atoms with Gasteiger partial charge in [-0.3, -0.25) is 0 Å². The monoisotopic (exact) mass is 313 g/mol. The zero-order valence-electron chi connectivity index (χ0n) is 12.0. The van der Waals surface area contributed by atoms with Crippen molar-refractivity contribution in [2.75, 3.05) is 6.61 Å². The van der Waals surface area contributed by atoms with Crippen LogP contribution in [0.15, 0.2) is 24.3 Å². The van der Waals surface area contributed by atoms with Gasteiger partial charge in [0.05, 0.1) is 6.10 Å². The molecule has 1 saturated carbocycles. The first-order valence-electron chi connectivity index (χ1n) is 7.35. The maximum Gasteiger partial charge on any atom is 0.217 e. The van der Waals surface area contributed by atoms with Crippen molar-refractivity contribution in [2.45, 2.75) is 43.6 Å². The van der Waals surface area contributed by atoms with Crippen molar-refractivity contribution in [3.8, 4) is 0 Å². The van der Waals surface area contributed by atoms with E-state index in [0.717, 1.165) is 18.4 Å². The van der Waals surface area contributed by atoms with Crippen LogP contribution in [0.5, 0.6) is 0 Å². The molecule has 1 N–H and O–H groups in total. The maximum absolute atomic E-state index is 13.0. The van der Waals surface area contributed by atoms with Crippen molar-refractivity contribution in [2.24, 2.45) is 5.92 Å². The van der Waals surface area contributed by atoms with E-state index in [1.54, 1.807) is 19.1 Å². The summed E-state index contributed by atoms with van der Waals surface area (Å²) in [7, 11) is -3.44. The van der Waals surface area contributed by atoms with Gasteiger partial charge in [-0.1, -0.05) is 12.1 Å². The lowest BCUT2D eigenvalue weighted by Gasteiger charge is -2.23. The first-order valence-corrected chi connectivity index (χ1v) is 8.90. The quantitative estimate of drug-likeness (QED) is 0.908. The van der Waals surface area contributed by atoms with Gasteiger partial charge >= 0.3 is 0 Å². The molecule has 6 heteroatoms. The molecule has 1 aromatic carbocycles. The molecule has 1 aliphatic carbocycles. The van der Waals surface area contributed by atoms with Gasteiger partial charge in [0, 0.05) is 12.6 Å². The molecule has 2 fully saturated rings. The molecule has 0 bridgehead atoms. The Morgan fingerprint density at radius 2 is 1.90 bits per heavy atom. The summed E-state index contributed by atoms with van der Waals surface area (Å²) in [6.07, 6.45) is 2.25. The summed E-state index contributed by atoms with van der Waals surface area (Å²) >= 11 is 0. The van der Waals surface area contributed by atoms with Crippen LogP contribution in [0.3, 0.4) is 0 Å². The molecule has 0 unspecified atom stereocenters. The molecular weight excluding hydrogens is 293 g/mol. The molecule has 1 saturated heterocycles. The summed E-state index contributed by atoms with van der Waals surface area (Å²) in [5, 5.41) is -0.501. The molecule has 0 spiro atoms. The van der Waals surface area contributed by atoms with Crippen LogP contribution in [0.1, 0.15) is 37.8 Å². The summed E-state index contributed by atoms with van der Waals surface area (Å²) in [5.41, 5.74) is 0.828.